The number of halogens is 3. The highest BCUT2D eigenvalue weighted by Gasteiger charge is 2.44. The molecule has 3 atom stereocenters. The van der Waals surface area contributed by atoms with E-state index in [0.717, 1.165) is 12.5 Å². The zero-order valence-electron chi connectivity index (χ0n) is 19.3. The van der Waals surface area contributed by atoms with Gasteiger partial charge in [0.15, 0.2) is 11.6 Å². The van der Waals surface area contributed by atoms with Gasteiger partial charge in [0.2, 0.25) is 11.8 Å². The van der Waals surface area contributed by atoms with Gasteiger partial charge in [-0.05, 0) is 45.2 Å². The van der Waals surface area contributed by atoms with Crippen molar-refractivity contribution in [3.8, 4) is 0 Å². The number of nitrogens with one attached hydrogen (secondary N) is 1. The molecule has 0 radical (unpaired) electrons. The fraction of sp³-hybridized carbons (Fsp3) is 0.609. The van der Waals surface area contributed by atoms with Crippen LogP contribution in [0.1, 0.15) is 46.1 Å². The minimum atomic E-state index is -1.32. The van der Waals surface area contributed by atoms with Gasteiger partial charge in [0.05, 0.1) is 6.04 Å². The second-order valence-electron chi connectivity index (χ2n) is 9.74. The van der Waals surface area contributed by atoms with Crippen LogP contribution < -0.4 is 5.32 Å². The molecule has 182 valence electrons. The summed E-state index contributed by atoms with van der Waals surface area (Å²) in [5, 5.41) is 2.57. The molecule has 3 rings (SSSR count). The number of carbonyl (C=O) groups excluding carboxylic acids is 3. The summed E-state index contributed by atoms with van der Waals surface area (Å²) in [6.45, 7) is 8.09. The van der Waals surface area contributed by atoms with Crippen molar-refractivity contribution >= 4 is 17.9 Å². The first-order chi connectivity index (χ1) is 15.3. The average molecular weight is 470 g/mol. The first kappa shape index (κ1) is 24.9. The molecule has 1 aromatic rings. The number of benzene rings is 1. The molecule has 2 aliphatic heterocycles. The Kier molecular flexibility index (Phi) is 7.23. The van der Waals surface area contributed by atoms with Crippen LogP contribution in [0.3, 0.4) is 0 Å². The molecule has 0 bridgehead atoms. The molecule has 0 saturated carbocycles. The van der Waals surface area contributed by atoms with Crippen LogP contribution >= 0.6 is 0 Å². The predicted octanol–water partition coefficient (Wildman–Crippen LogP) is 3.01. The van der Waals surface area contributed by atoms with Gasteiger partial charge in [-0.15, -0.1) is 0 Å². The van der Waals surface area contributed by atoms with Crippen LogP contribution in [-0.2, 0) is 20.7 Å². The first-order valence-corrected chi connectivity index (χ1v) is 11.0. The molecule has 10 heteroatoms. The molecule has 2 aliphatic rings. The van der Waals surface area contributed by atoms with Gasteiger partial charge in [-0.3, -0.25) is 9.59 Å². The molecular formula is C23H30F3N3O4. The summed E-state index contributed by atoms with van der Waals surface area (Å²) < 4.78 is 46.5. The summed E-state index contributed by atoms with van der Waals surface area (Å²) in [5.41, 5.74) is -0.959. The van der Waals surface area contributed by atoms with Crippen molar-refractivity contribution < 1.29 is 32.3 Å². The number of nitrogens with zero attached hydrogens (tertiary/aromatic N) is 2. The average Bonchev–Trinajstić information content (AvgIpc) is 3.25. The fourth-order valence-corrected chi connectivity index (χ4v) is 4.49. The van der Waals surface area contributed by atoms with Gasteiger partial charge < -0.3 is 19.9 Å². The lowest BCUT2D eigenvalue weighted by atomic mass is 10.0. The summed E-state index contributed by atoms with van der Waals surface area (Å²) in [4.78, 5) is 40.6. The topological polar surface area (TPSA) is 79.0 Å². The lowest BCUT2D eigenvalue weighted by Gasteiger charge is -2.28. The number of alkyl carbamates (subject to hydrolysis) is 1. The third-order valence-electron chi connectivity index (χ3n) is 6.01. The Morgan fingerprint density at radius 2 is 1.79 bits per heavy atom. The molecule has 2 heterocycles. The summed E-state index contributed by atoms with van der Waals surface area (Å²) in [7, 11) is 0. The van der Waals surface area contributed by atoms with Gasteiger partial charge >= 0.3 is 6.09 Å². The maximum Gasteiger partial charge on any atom is 0.407 e. The van der Waals surface area contributed by atoms with E-state index in [0.29, 0.717) is 25.7 Å². The number of carbonyl (C=O) groups is 3. The van der Waals surface area contributed by atoms with Crippen molar-refractivity contribution in [2.75, 3.05) is 19.6 Å². The Balaban J connectivity index is 1.75. The minimum absolute atomic E-state index is 0.0462. The Morgan fingerprint density at radius 1 is 1.12 bits per heavy atom. The third kappa shape index (κ3) is 6.17. The summed E-state index contributed by atoms with van der Waals surface area (Å²) in [6, 6.07) is 0.156. The Labute approximate surface area is 191 Å². The number of hydrogen-bond donors (Lipinski definition) is 1. The summed E-state index contributed by atoms with van der Waals surface area (Å²) >= 11 is 0. The van der Waals surface area contributed by atoms with E-state index in [-0.39, 0.29) is 42.2 Å². The summed E-state index contributed by atoms with van der Waals surface area (Å²) in [5.74, 6) is -3.62. The standard InChI is InChI=1S/C23H30F3N3O4/c1-13(30)28-11-14-5-6-29(20(14)12-28)21(31)9-16(27-22(32)33-23(2,3)4)7-15-8-18(25)19(26)10-17(15)24/h8,10,14,16,20H,5-7,9,11-12H2,1-4H3,(H,27,32)/t14-,16+,20+/m0/s1. The second kappa shape index (κ2) is 9.61. The number of fused-ring (bicyclic) bond motifs is 1. The molecule has 0 aliphatic carbocycles. The third-order valence-corrected chi connectivity index (χ3v) is 6.01. The van der Waals surface area contributed by atoms with E-state index in [1.165, 1.54) is 6.92 Å². The van der Waals surface area contributed by atoms with Crippen LogP contribution in [0.2, 0.25) is 0 Å². The lowest BCUT2D eigenvalue weighted by molar-refractivity contribution is -0.134. The normalized spacial score (nSPS) is 21.1. The molecular weight excluding hydrogens is 439 g/mol. The van der Waals surface area contributed by atoms with Crippen LogP contribution in [0.4, 0.5) is 18.0 Å². The van der Waals surface area contributed by atoms with Crippen LogP contribution in [0.25, 0.3) is 0 Å². The largest absolute Gasteiger partial charge is 0.444 e. The van der Waals surface area contributed by atoms with E-state index in [1.54, 1.807) is 30.6 Å². The maximum atomic E-state index is 14.2. The van der Waals surface area contributed by atoms with Crippen molar-refractivity contribution in [2.45, 2.75) is 64.6 Å². The number of amides is 3. The number of ether oxygens (including phenoxy) is 1. The molecule has 0 spiro atoms. The molecule has 1 aromatic carbocycles. The highest BCUT2D eigenvalue weighted by molar-refractivity contribution is 5.79. The smallest absolute Gasteiger partial charge is 0.407 e. The van der Waals surface area contributed by atoms with Crippen LogP contribution in [0, 0.1) is 23.4 Å². The zero-order chi connectivity index (χ0) is 24.5. The van der Waals surface area contributed by atoms with Crippen LogP contribution in [0.5, 0.6) is 0 Å². The van der Waals surface area contributed by atoms with Gasteiger partial charge in [-0.25, -0.2) is 18.0 Å². The number of likely N-dealkylation sites (tertiary alicyclic amines) is 2. The molecule has 2 saturated heterocycles. The molecule has 0 aromatic heterocycles. The van der Waals surface area contributed by atoms with Crippen molar-refractivity contribution in [1.82, 2.24) is 15.1 Å². The predicted molar refractivity (Wildman–Crippen MR) is 114 cm³/mol. The maximum absolute atomic E-state index is 14.2. The first-order valence-electron chi connectivity index (χ1n) is 11.0. The Hall–Kier alpha value is -2.78. The Bertz CT molecular complexity index is 934. The molecule has 0 unspecified atom stereocenters. The molecule has 1 N–H and O–H groups in total. The second-order valence-corrected chi connectivity index (χ2v) is 9.74. The molecule has 7 nitrogen and oxygen atoms in total. The van der Waals surface area contributed by atoms with Crippen LogP contribution in [-0.4, -0.2) is 65.0 Å². The molecule has 3 amide bonds. The number of hydrogen-bond acceptors (Lipinski definition) is 4. The van der Waals surface area contributed by atoms with Gasteiger partial charge in [0.1, 0.15) is 11.4 Å². The SMILES string of the molecule is CC(=O)N1C[C@@H]2CCN(C(=O)C[C@@H](Cc3cc(F)c(F)cc3F)NC(=O)OC(C)(C)C)[C@@H]2C1. The summed E-state index contributed by atoms with van der Waals surface area (Å²) in [6.07, 6.45) is -0.440. The lowest BCUT2D eigenvalue weighted by Crippen LogP contribution is -2.46. The highest BCUT2D eigenvalue weighted by Crippen LogP contribution is 2.32. The van der Waals surface area contributed by atoms with E-state index in [2.05, 4.69) is 5.32 Å². The fourth-order valence-electron chi connectivity index (χ4n) is 4.49. The van der Waals surface area contributed by atoms with Crippen molar-refractivity contribution in [2.24, 2.45) is 5.92 Å². The van der Waals surface area contributed by atoms with E-state index in [9.17, 15) is 27.6 Å². The number of rotatable bonds is 5. The molecule has 2 fully saturated rings. The van der Waals surface area contributed by atoms with Crippen molar-refractivity contribution in [1.29, 1.82) is 0 Å². The Morgan fingerprint density at radius 3 is 2.42 bits per heavy atom. The van der Waals surface area contributed by atoms with E-state index >= 15 is 0 Å². The minimum Gasteiger partial charge on any atom is -0.444 e. The van der Waals surface area contributed by atoms with Gasteiger partial charge in [0.25, 0.3) is 0 Å². The quantitative estimate of drug-likeness (QED) is 0.673. The van der Waals surface area contributed by atoms with E-state index in [1.807, 2.05) is 0 Å². The van der Waals surface area contributed by atoms with Gasteiger partial charge in [-0.1, -0.05) is 0 Å². The van der Waals surface area contributed by atoms with Crippen LogP contribution in [0.15, 0.2) is 12.1 Å². The van der Waals surface area contributed by atoms with E-state index < -0.39 is 35.2 Å². The zero-order valence-corrected chi connectivity index (χ0v) is 19.3. The van der Waals surface area contributed by atoms with E-state index in [4.69, 9.17) is 4.74 Å². The monoisotopic (exact) mass is 469 g/mol. The molecule has 33 heavy (non-hydrogen) atoms. The van der Waals surface area contributed by atoms with Crippen molar-refractivity contribution in [3.63, 3.8) is 0 Å². The van der Waals surface area contributed by atoms with Crippen molar-refractivity contribution in [3.05, 3.63) is 35.1 Å². The highest BCUT2D eigenvalue weighted by atomic mass is 19.2. The van der Waals surface area contributed by atoms with Gasteiger partial charge in [-0.2, -0.15) is 0 Å². The van der Waals surface area contributed by atoms with Gasteiger partial charge in [0, 0.05) is 51.0 Å².